The first-order chi connectivity index (χ1) is 9.11. The molecular weight excluding hydrogens is 236 g/mol. The number of piperazine rings is 1. The van der Waals surface area contributed by atoms with E-state index in [1.807, 2.05) is 0 Å². The number of likely N-dealkylation sites (tertiary alicyclic amines) is 1. The van der Waals surface area contributed by atoms with Crippen LogP contribution < -0.4 is 5.73 Å². The normalized spacial score (nSPS) is 36.3. The quantitative estimate of drug-likeness (QED) is 0.822. The molecule has 4 nitrogen and oxygen atoms in total. The molecule has 19 heavy (non-hydrogen) atoms. The highest BCUT2D eigenvalue weighted by molar-refractivity contribution is 4.97. The van der Waals surface area contributed by atoms with Gasteiger partial charge in [-0.05, 0) is 52.9 Å². The monoisotopic (exact) mass is 268 g/mol. The van der Waals surface area contributed by atoms with Gasteiger partial charge in [0, 0.05) is 37.8 Å². The van der Waals surface area contributed by atoms with Crippen LogP contribution in [0.25, 0.3) is 0 Å². The average molecular weight is 268 g/mol. The third-order valence-electron chi connectivity index (χ3n) is 5.44. The maximum atomic E-state index is 6.23. The molecule has 0 spiro atoms. The Morgan fingerprint density at radius 1 is 1.11 bits per heavy atom. The summed E-state index contributed by atoms with van der Waals surface area (Å²) in [6, 6.07) is 0.707. The van der Waals surface area contributed by atoms with Gasteiger partial charge in [0.15, 0.2) is 0 Å². The molecule has 0 amide bonds. The van der Waals surface area contributed by atoms with Gasteiger partial charge in [-0.1, -0.05) is 6.92 Å². The number of nitrogens with two attached hydrogens (primary N) is 1. The summed E-state index contributed by atoms with van der Waals surface area (Å²) in [4.78, 5) is 7.70. The van der Waals surface area contributed by atoms with Gasteiger partial charge in [0.05, 0.1) is 0 Å². The highest BCUT2D eigenvalue weighted by Gasteiger charge is 2.39. The van der Waals surface area contributed by atoms with Gasteiger partial charge in [0.2, 0.25) is 0 Å². The molecule has 2 fully saturated rings. The van der Waals surface area contributed by atoms with Crippen LogP contribution in [-0.4, -0.2) is 79.6 Å². The maximum absolute atomic E-state index is 6.23. The van der Waals surface area contributed by atoms with E-state index in [-0.39, 0.29) is 5.54 Å². The van der Waals surface area contributed by atoms with Gasteiger partial charge < -0.3 is 15.5 Å². The molecule has 4 heteroatoms. The first-order valence-corrected chi connectivity index (χ1v) is 7.95. The van der Waals surface area contributed by atoms with Crippen LogP contribution in [-0.2, 0) is 0 Å². The molecule has 0 aliphatic carbocycles. The van der Waals surface area contributed by atoms with E-state index in [1.165, 1.54) is 58.4 Å². The maximum Gasteiger partial charge on any atom is 0.0345 e. The second-order valence-corrected chi connectivity index (χ2v) is 6.57. The van der Waals surface area contributed by atoms with Crippen molar-refractivity contribution in [3.63, 3.8) is 0 Å². The highest BCUT2D eigenvalue weighted by atomic mass is 15.3. The van der Waals surface area contributed by atoms with Gasteiger partial charge in [-0.15, -0.1) is 0 Å². The molecule has 2 aliphatic heterocycles. The van der Waals surface area contributed by atoms with Crippen LogP contribution in [0, 0.1) is 0 Å². The number of hydrogen-bond acceptors (Lipinski definition) is 4. The molecule has 0 saturated carbocycles. The molecule has 2 heterocycles. The first-order valence-electron chi connectivity index (χ1n) is 7.95. The molecule has 112 valence electrons. The zero-order valence-corrected chi connectivity index (χ0v) is 13.1. The minimum absolute atomic E-state index is 0.263. The predicted molar refractivity (Wildman–Crippen MR) is 81.4 cm³/mol. The van der Waals surface area contributed by atoms with Crippen molar-refractivity contribution >= 4 is 0 Å². The molecule has 2 aliphatic rings. The summed E-state index contributed by atoms with van der Waals surface area (Å²) in [6.45, 7) is 9.13. The van der Waals surface area contributed by atoms with Crippen LogP contribution in [0.3, 0.4) is 0 Å². The third kappa shape index (κ3) is 3.30. The van der Waals surface area contributed by atoms with Crippen molar-refractivity contribution in [2.24, 2.45) is 5.73 Å². The van der Waals surface area contributed by atoms with Gasteiger partial charge in [0.1, 0.15) is 0 Å². The number of rotatable bonds is 3. The molecule has 2 atom stereocenters. The van der Waals surface area contributed by atoms with E-state index in [9.17, 15) is 0 Å². The largest absolute Gasteiger partial charge is 0.329 e. The Kier molecular flexibility index (Phi) is 5.23. The van der Waals surface area contributed by atoms with E-state index in [4.69, 9.17) is 5.73 Å². The van der Waals surface area contributed by atoms with E-state index in [2.05, 4.69) is 35.7 Å². The van der Waals surface area contributed by atoms with Crippen molar-refractivity contribution < 1.29 is 0 Å². The van der Waals surface area contributed by atoms with Crippen LogP contribution in [0.2, 0.25) is 0 Å². The molecule has 0 aromatic rings. The predicted octanol–water partition coefficient (Wildman–Crippen LogP) is 0.826. The zero-order chi connectivity index (χ0) is 13.9. The van der Waals surface area contributed by atoms with Crippen molar-refractivity contribution in [3.8, 4) is 0 Å². The lowest BCUT2D eigenvalue weighted by Gasteiger charge is -2.49. The van der Waals surface area contributed by atoms with Crippen molar-refractivity contribution in [1.29, 1.82) is 0 Å². The molecule has 2 N–H and O–H groups in total. The van der Waals surface area contributed by atoms with Crippen LogP contribution in [0.5, 0.6) is 0 Å². The SMILES string of the molecule is CCC1CN(C2(CN)CCCN(C)CC2)CCN1C. The molecule has 0 radical (unpaired) electrons. The summed E-state index contributed by atoms with van der Waals surface area (Å²) in [5.74, 6) is 0. The summed E-state index contributed by atoms with van der Waals surface area (Å²) in [6.07, 6.45) is 5.04. The van der Waals surface area contributed by atoms with Gasteiger partial charge in [-0.25, -0.2) is 0 Å². The third-order valence-corrected chi connectivity index (χ3v) is 5.44. The van der Waals surface area contributed by atoms with Crippen molar-refractivity contribution in [3.05, 3.63) is 0 Å². The zero-order valence-electron chi connectivity index (χ0n) is 13.1. The molecule has 2 saturated heterocycles. The molecule has 2 rings (SSSR count). The van der Waals surface area contributed by atoms with Gasteiger partial charge in [-0.2, -0.15) is 0 Å². The van der Waals surface area contributed by atoms with Gasteiger partial charge in [-0.3, -0.25) is 4.90 Å². The van der Waals surface area contributed by atoms with Crippen molar-refractivity contribution in [2.45, 2.75) is 44.2 Å². The fraction of sp³-hybridized carbons (Fsp3) is 1.00. The Morgan fingerprint density at radius 3 is 2.58 bits per heavy atom. The summed E-state index contributed by atoms with van der Waals surface area (Å²) in [5, 5.41) is 0. The Labute approximate surface area is 118 Å². The van der Waals surface area contributed by atoms with Crippen LogP contribution in [0.4, 0.5) is 0 Å². The second-order valence-electron chi connectivity index (χ2n) is 6.57. The summed E-state index contributed by atoms with van der Waals surface area (Å²) in [7, 11) is 4.51. The fourth-order valence-corrected chi connectivity index (χ4v) is 3.78. The Bertz CT molecular complexity index is 283. The lowest BCUT2D eigenvalue weighted by molar-refractivity contribution is 0.00428. The van der Waals surface area contributed by atoms with E-state index in [0.717, 1.165) is 6.54 Å². The molecule has 0 bridgehead atoms. The Hall–Kier alpha value is -0.160. The summed E-state index contributed by atoms with van der Waals surface area (Å²) in [5.41, 5.74) is 6.50. The molecular formula is C15H32N4. The van der Waals surface area contributed by atoms with Gasteiger partial charge in [0.25, 0.3) is 0 Å². The Morgan fingerprint density at radius 2 is 1.89 bits per heavy atom. The number of nitrogens with zero attached hydrogens (tertiary/aromatic N) is 3. The van der Waals surface area contributed by atoms with Gasteiger partial charge >= 0.3 is 0 Å². The second kappa shape index (κ2) is 6.53. The first kappa shape index (κ1) is 15.2. The minimum Gasteiger partial charge on any atom is -0.329 e. The lowest BCUT2D eigenvalue weighted by Crippen LogP contribution is -2.62. The van der Waals surface area contributed by atoms with Crippen LogP contribution in [0.15, 0.2) is 0 Å². The fourth-order valence-electron chi connectivity index (χ4n) is 3.78. The Balaban J connectivity index is 2.07. The molecule has 0 aromatic heterocycles. The van der Waals surface area contributed by atoms with E-state index in [0.29, 0.717) is 6.04 Å². The van der Waals surface area contributed by atoms with E-state index < -0.39 is 0 Å². The van der Waals surface area contributed by atoms with Crippen LogP contribution in [0.1, 0.15) is 32.6 Å². The van der Waals surface area contributed by atoms with E-state index in [1.54, 1.807) is 0 Å². The minimum atomic E-state index is 0.263. The highest BCUT2D eigenvalue weighted by Crippen LogP contribution is 2.30. The topological polar surface area (TPSA) is 35.7 Å². The smallest absolute Gasteiger partial charge is 0.0345 e. The van der Waals surface area contributed by atoms with Crippen LogP contribution >= 0.6 is 0 Å². The average Bonchev–Trinajstić information content (AvgIpc) is 2.62. The standard InChI is InChI=1S/C15H32N4/c1-4-14-12-19(11-10-18(14)3)15(13-16)6-5-8-17(2)9-7-15/h14H,4-13,16H2,1-3H3. The number of likely N-dealkylation sites (N-methyl/N-ethyl adjacent to an activating group) is 1. The summed E-state index contributed by atoms with van der Waals surface area (Å²) < 4.78 is 0. The van der Waals surface area contributed by atoms with Crippen molar-refractivity contribution in [1.82, 2.24) is 14.7 Å². The number of hydrogen-bond donors (Lipinski definition) is 1. The van der Waals surface area contributed by atoms with Crippen molar-refractivity contribution in [2.75, 3.05) is 53.4 Å². The lowest BCUT2D eigenvalue weighted by atomic mass is 9.87. The van der Waals surface area contributed by atoms with E-state index >= 15 is 0 Å². The summed E-state index contributed by atoms with van der Waals surface area (Å²) >= 11 is 0. The molecule has 2 unspecified atom stereocenters. The molecule has 0 aromatic carbocycles.